The van der Waals surface area contributed by atoms with Crippen molar-refractivity contribution in [2.24, 2.45) is 0 Å². The molecule has 0 radical (unpaired) electrons. The highest BCUT2D eigenvalue weighted by Crippen LogP contribution is 2.27. The lowest BCUT2D eigenvalue weighted by Gasteiger charge is -2.05. The molecule has 2 aromatic rings. The number of carbonyl (C=O) groups excluding carboxylic acids is 1. The van der Waals surface area contributed by atoms with Gasteiger partial charge in [0, 0.05) is 6.07 Å². The summed E-state index contributed by atoms with van der Waals surface area (Å²) in [5, 5.41) is 0.834. The van der Waals surface area contributed by atoms with Gasteiger partial charge >= 0.3 is 0 Å². The molecule has 0 saturated carbocycles. The monoisotopic (exact) mass is 320 g/mol. The van der Waals surface area contributed by atoms with E-state index in [2.05, 4.69) is 0 Å². The van der Waals surface area contributed by atoms with E-state index in [-0.39, 0.29) is 12.4 Å². The maximum atomic E-state index is 11.8. The minimum Gasteiger partial charge on any atom is -0.485 e. The van der Waals surface area contributed by atoms with Gasteiger partial charge in [0.05, 0.1) is 19.3 Å². The highest BCUT2D eigenvalue weighted by Gasteiger charge is 2.10. The maximum Gasteiger partial charge on any atom is 0.210 e. The number of ketones is 1. The zero-order valence-electron chi connectivity index (χ0n) is 8.95. The fraction of sp³-hybridized carbons (Fsp3) is 0.0833. The van der Waals surface area contributed by atoms with Crippen molar-refractivity contribution in [1.82, 2.24) is 0 Å². The Balaban J connectivity index is 1.99. The highest BCUT2D eigenvalue weighted by molar-refractivity contribution is 7.18. The SMILES string of the molecule is O=C(COc1ccc(Cl)c(Cl)c1)c1ccc(Cl)s1. The molecule has 0 fully saturated rings. The van der Waals surface area contributed by atoms with E-state index >= 15 is 0 Å². The molecule has 1 heterocycles. The van der Waals surface area contributed by atoms with Crippen LogP contribution in [-0.2, 0) is 0 Å². The number of carbonyl (C=O) groups is 1. The van der Waals surface area contributed by atoms with E-state index in [0.717, 1.165) is 0 Å². The molecule has 0 aliphatic rings. The molecule has 0 aliphatic heterocycles. The summed E-state index contributed by atoms with van der Waals surface area (Å²) in [4.78, 5) is 12.3. The molecule has 2 rings (SSSR count). The van der Waals surface area contributed by atoms with Crippen molar-refractivity contribution in [3.05, 3.63) is 49.6 Å². The number of hydrogen-bond donors (Lipinski definition) is 0. The molecule has 2 nitrogen and oxygen atoms in total. The second-order valence-electron chi connectivity index (χ2n) is 3.39. The maximum absolute atomic E-state index is 11.8. The predicted molar refractivity (Wildman–Crippen MR) is 75.6 cm³/mol. The van der Waals surface area contributed by atoms with Gasteiger partial charge in [-0.15, -0.1) is 11.3 Å². The van der Waals surface area contributed by atoms with Gasteiger partial charge in [0.25, 0.3) is 0 Å². The molecular weight excluding hydrogens is 315 g/mol. The summed E-state index contributed by atoms with van der Waals surface area (Å²) >= 11 is 18.6. The Kier molecular flexibility index (Phi) is 4.51. The van der Waals surface area contributed by atoms with Crippen LogP contribution in [-0.4, -0.2) is 12.4 Å². The highest BCUT2D eigenvalue weighted by atomic mass is 35.5. The van der Waals surface area contributed by atoms with E-state index in [1.165, 1.54) is 11.3 Å². The van der Waals surface area contributed by atoms with Crippen molar-refractivity contribution in [2.75, 3.05) is 6.61 Å². The Morgan fingerprint density at radius 1 is 1.11 bits per heavy atom. The second kappa shape index (κ2) is 5.93. The van der Waals surface area contributed by atoms with Gasteiger partial charge in [0.2, 0.25) is 5.78 Å². The first kappa shape index (κ1) is 13.7. The minimum absolute atomic E-state index is 0.0607. The van der Waals surface area contributed by atoms with E-state index in [4.69, 9.17) is 39.5 Å². The van der Waals surface area contributed by atoms with Crippen LogP contribution in [0.1, 0.15) is 9.67 Å². The normalized spacial score (nSPS) is 10.4. The first-order valence-corrected chi connectivity index (χ1v) is 6.87. The summed E-state index contributed by atoms with van der Waals surface area (Å²) in [5.41, 5.74) is 0. The fourth-order valence-corrected chi connectivity index (χ4v) is 2.51. The Bertz CT molecular complexity index is 580. The minimum atomic E-state index is -0.127. The third kappa shape index (κ3) is 3.39. The molecule has 94 valence electrons. The van der Waals surface area contributed by atoms with Crippen molar-refractivity contribution in [2.45, 2.75) is 0 Å². The average molecular weight is 322 g/mol. The van der Waals surface area contributed by atoms with Crippen LogP contribution in [0, 0.1) is 0 Å². The molecule has 0 spiro atoms. The third-order valence-corrected chi connectivity index (χ3v) is 4.12. The Morgan fingerprint density at radius 2 is 1.89 bits per heavy atom. The van der Waals surface area contributed by atoms with Crippen LogP contribution < -0.4 is 4.74 Å². The van der Waals surface area contributed by atoms with E-state index in [1.54, 1.807) is 30.3 Å². The summed E-state index contributed by atoms with van der Waals surface area (Å²) in [6.45, 7) is -0.0607. The quantitative estimate of drug-likeness (QED) is 0.743. The number of rotatable bonds is 4. The van der Waals surface area contributed by atoms with Crippen molar-refractivity contribution in [3.8, 4) is 5.75 Å². The van der Waals surface area contributed by atoms with Gasteiger partial charge in [-0.25, -0.2) is 0 Å². The van der Waals surface area contributed by atoms with Crippen LogP contribution in [0.15, 0.2) is 30.3 Å². The number of halogens is 3. The van der Waals surface area contributed by atoms with Gasteiger partial charge in [0.15, 0.2) is 6.61 Å². The number of benzene rings is 1. The molecule has 18 heavy (non-hydrogen) atoms. The zero-order chi connectivity index (χ0) is 13.1. The van der Waals surface area contributed by atoms with Crippen LogP contribution in [0.2, 0.25) is 14.4 Å². The molecular formula is C12H7Cl3O2S. The van der Waals surface area contributed by atoms with Gasteiger partial charge in [-0.05, 0) is 24.3 Å². The van der Waals surface area contributed by atoms with Crippen molar-refractivity contribution >= 4 is 51.9 Å². The molecule has 0 N–H and O–H groups in total. The number of Topliss-reactive ketones (excluding diaryl/α,β-unsaturated/α-hetero) is 1. The topological polar surface area (TPSA) is 26.3 Å². The lowest BCUT2D eigenvalue weighted by molar-refractivity contribution is 0.0925. The molecule has 1 aromatic heterocycles. The van der Waals surface area contributed by atoms with E-state index < -0.39 is 0 Å². The van der Waals surface area contributed by atoms with E-state index in [0.29, 0.717) is 25.0 Å². The fourth-order valence-electron chi connectivity index (χ4n) is 1.25. The molecule has 0 amide bonds. The zero-order valence-corrected chi connectivity index (χ0v) is 12.0. The summed E-state index contributed by atoms with van der Waals surface area (Å²) in [5.74, 6) is 0.373. The van der Waals surface area contributed by atoms with Gasteiger partial charge in [0.1, 0.15) is 5.75 Å². The molecule has 0 bridgehead atoms. The van der Waals surface area contributed by atoms with Crippen LogP contribution >= 0.6 is 46.1 Å². The van der Waals surface area contributed by atoms with Crippen LogP contribution in [0.5, 0.6) is 5.75 Å². The number of hydrogen-bond acceptors (Lipinski definition) is 3. The summed E-state index contributed by atoms with van der Waals surface area (Å²) in [6, 6.07) is 8.19. The van der Waals surface area contributed by atoms with Crippen LogP contribution in [0.4, 0.5) is 0 Å². The van der Waals surface area contributed by atoms with Crippen LogP contribution in [0.25, 0.3) is 0 Å². The second-order valence-corrected chi connectivity index (χ2v) is 5.92. The first-order chi connectivity index (χ1) is 8.56. The van der Waals surface area contributed by atoms with Crippen molar-refractivity contribution in [1.29, 1.82) is 0 Å². The molecule has 0 atom stereocenters. The molecule has 0 aliphatic carbocycles. The third-order valence-electron chi connectivity index (χ3n) is 2.11. The Morgan fingerprint density at radius 3 is 2.50 bits per heavy atom. The molecule has 1 aromatic carbocycles. The molecule has 0 saturated heterocycles. The van der Waals surface area contributed by atoms with Gasteiger partial charge in [-0.3, -0.25) is 4.79 Å². The smallest absolute Gasteiger partial charge is 0.210 e. The summed E-state index contributed by atoms with van der Waals surface area (Å²) in [7, 11) is 0. The summed E-state index contributed by atoms with van der Waals surface area (Å²) in [6.07, 6.45) is 0. The Hall–Kier alpha value is -0.740. The number of thiophene rings is 1. The Labute approximate surface area is 123 Å². The van der Waals surface area contributed by atoms with E-state index in [9.17, 15) is 4.79 Å². The van der Waals surface area contributed by atoms with Crippen molar-refractivity contribution in [3.63, 3.8) is 0 Å². The van der Waals surface area contributed by atoms with Crippen molar-refractivity contribution < 1.29 is 9.53 Å². The number of ether oxygens (including phenoxy) is 1. The molecule has 6 heteroatoms. The molecule has 0 unspecified atom stereocenters. The van der Waals surface area contributed by atoms with E-state index in [1.807, 2.05) is 0 Å². The lowest BCUT2D eigenvalue weighted by Crippen LogP contribution is -2.09. The summed E-state index contributed by atoms with van der Waals surface area (Å²) < 4.78 is 5.91. The first-order valence-electron chi connectivity index (χ1n) is 4.92. The lowest BCUT2D eigenvalue weighted by atomic mass is 10.3. The van der Waals surface area contributed by atoms with Gasteiger partial charge < -0.3 is 4.74 Å². The van der Waals surface area contributed by atoms with Gasteiger partial charge in [-0.2, -0.15) is 0 Å². The predicted octanol–water partition coefficient (Wildman–Crippen LogP) is 4.97. The largest absolute Gasteiger partial charge is 0.485 e. The van der Waals surface area contributed by atoms with Gasteiger partial charge in [-0.1, -0.05) is 34.8 Å². The van der Waals surface area contributed by atoms with Crippen LogP contribution in [0.3, 0.4) is 0 Å². The standard InChI is InChI=1S/C12H7Cl3O2S/c13-8-2-1-7(5-9(8)14)17-6-10(16)11-3-4-12(15)18-11/h1-5H,6H2. The average Bonchev–Trinajstić information content (AvgIpc) is 2.77.